The van der Waals surface area contributed by atoms with E-state index in [1.807, 2.05) is 12.1 Å². The predicted molar refractivity (Wildman–Crippen MR) is 331 cm³/mol. The fraction of sp³-hybridized carbons (Fsp3) is 0.290. The summed E-state index contributed by atoms with van der Waals surface area (Å²) in [6, 6.07) is 29.9. The number of anilines is 1. The van der Waals surface area contributed by atoms with Crippen molar-refractivity contribution in [1.29, 1.82) is 0 Å². The second-order valence-corrected chi connectivity index (χ2v) is 23.6. The van der Waals surface area contributed by atoms with Crippen molar-refractivity contribution < 1.29 is 71.5 Å². The van der Waals surface area contributed by atoms with Crippen molar-refractivity contribution in [3.8, 4) is 28.7 Å². The molecular formula is C62H62N10O17S2. The molecule has 6 aromatic carbocycles. The summed E-state index contributed by atoms with van der Waals surface area (Å²) in [5, 5.41) is 50.4. The van der Waals surface area contributed by atoms with E-state index in [1.165, 1.54) is 48.5 Å². The number of carbonyl (C=O) groups excluding carboxylic acids is 5. The lowest BCUT2D eigenvalue weighted by Gasteiger charge is -2.36. The third kappa shape index (κ3) is 14.8. The summed E-state index contributed by atoms with van der Waals surface area (Å²) in [5.74, 6) is -4.57. The second-order valence-electron chi connectivity index (χ2n) is 21.4. The first kappa shape index (κ1) is 63.9. The van der Waals surface area contributed by atoms with Crippen LogP contribution in [-0.4, -0.2) is 155 Å². The Balaban J connectivity index is 0.637. The molecule has 3 aliphatic heterocycles. The van der Waals surface area contributed by atoms with Crippen LogP contribution >= 0.6 is 12.2 Å². The Labute approximate surface area is 524 Å². The number of sulfonamides is 1. The normalized spacial score (nSPS) is 15.5. The van der Waals surface area contributed by atoms with Crippen molar-refractivity contribution in [2.24, 2.45) is 0 Å². The van der Waals surface area contributed by atoms with Crippen LogP contribution in [0.2, 0.25) is 0 Å². The van der Waals surface area contributed by atoms with Gasteiger partial charge in [0.05, 0.1) is 42.6 Å². The molecule has 27 nitrogen and oxygen atoms in total. The molecule has 91 heavy (non-hydrogen) atoms. The average molecular weight is 1280 g/mol. The highest BCUT2D eigenvalue weighted by atomic mass is 32.2. The summed E-state index contributed by atoms with van der Waals surface area (Å²) in [6.45, 7) is 0.571. The largest absolute Gasteiger partial charge is 0.508 e. The molecule has 7 aromatic rings. The Morgan fingerprint density at radius 3 is 2.16 bits per heavy atom. The zero-order valence-corrected chi connectivity index (χ0v) is 50.1. The number of hydrogen-bond acceptors (Lipinski definition) is 18. The molecule has 3 aliphatic rings. The molecule has 10 rings (SSSR count). The first-order valence-corrected chi connectivity index (χ1v) is 30.8. The maximum absolute atomic E-state index is 14.2. The Morgan fingerprint density at radius 1 is 0.747 bits per heavy atom. The number of esters is 1. The van der Waals surface area contributed by atoms with E-state index in [0.717, 1.165) is 15.0 Å². The molecule has 4 amide bonds. The van der Waals surface area contributed by atoms with Crippen molar-refractivity contribution >= 4 is 79.4 Å². The van der Waals surface area contributed by atoms with Gasteiger partial charge < -0.3 is 65.8 Å². The number of aromatic hydroxyl groups is 2. The van der Waals surface area contributed by atoms with Crippen LogP contribution in [-0.2, 0) is 49.0 Å². The number of phenols is 2. The average Bonchev–Trinajstić information content (AvgIpc) is 1.61. The second kappa shape index (κ2) is 28.2. The zero-order chi connectivity index (χ0) is 64.4. The molecule has 4 heterocycles. The van der Waals surface area contributed by atoms with Gasteiger partial charge in [-0.3, -0.25) is 29.0 Å². The number of nitrogens with zero attached hydrogens (tertiary/aromatic N) is 3. The van der Waals surface area contributed by atoms with Crippen LogP contribution in [0.25, 0.3) is 16.5 Å². The molecule has 1 spiro atoms. The fourth-order valence-electron chi connectivity index (χ4n) is 10.8. The molecule has 0 unspecified atom stereocenters. The van der Waals surface area contributed by atoms with E-state index < -0.39 is 80.4 Å². The lowest BCUT2D eigenvalue weighted by Crippen LogP contribution is -2.52. The van der Waals surface area contributed by atoms with E-state index in [4.69, 9.17) is 31.2 Å². The van der Waals surface area contributed by atoms with E-state index in [-0.39, 0.29) is 128 Å². The number of rotatable bonds is 26. The molecule has 0 saturated carbocycles. The minimum absolute atomic E-state index is 0.00890. The van der Waals surface area contributed by atoms with Gasteiger partial charge >= 0.3 is 17.6 Å². The summed E-state index contributed by atoms with van der Waals surface area (Å²) in [5.41, 5.74) is -1.76. The molecule has 1 saturated heterocycles. The maximum Gasteiger partial charge on any atom is 0.349 e. The fourth-order valence-corrected chi connectivity index (χ4v) is 12.1. The summed E-state index contributed by atoms with van der Waals surface area (Å²) < 4.78 is 52.8. The number of carbonyl (C=O) groups is 6. The number of likely N-dealkylation sites (tertiary alicyclic amines) is 1. The Hall–Kier alpha value is -10.1. The molecule has 10 N–H and O–H groups in total. The number of aromatic amines is 1. The van der Waals surface area contributed by atoms with Gasteiger partial charge in [0.1, 0.15) is 35.1 Å². The molecule has 0 bridgehead atoms. The number of hydrogen-bond donors (Lipinski definition) is 10. The number of aromatic nitrogens is 3. The van der Waals surface area contributed by atoms with Crippen LogP contribution in [0.5, 0.6) is 23.0 Å². The van der Waals surface area contributed by atoms with Crippen LogP contribution in [0.3, 0.4) is 0 Å². The van der Waals surface area contributed by atoms with Gasteiger partial charge in [0.15, 0.2) is 10.7 Å². The molecule has 1 fully saturated rings. The third-order valence-electron chi connectivity index (χ3n) is 15.2. The Kier molecular flexibility index (Phi) is 19.8. The van der Waals surface area contributed by atoms with Gasteiger partial charge in [-0.2, -0.15) is 9.78 Å². The first-order valence-electron chi connectivity index (χ1n) is 28.9. The zero-order valence-electron chi connectivity index (χ0n) is 48.5. The number of H-pyrrole nitrogens is 1. The van der Waals surface area contributed by atoms with E-state index >= 15 is 0 Å². The van der Waals surface area contributed by atoms with Gasteiger partial charge in [0.25, 0.3) is 11.5 Å². The molecule has 474 valence electrons. The number of thiocarbonyl (C=S) groups is 1. The number of phenolic OH excluding ortho intramolecular Hbond substituents is 2. The van der Waals surface area contributed by atoms with Crippen molar-refractivity contribution in [3.63, 3.8) is 0 Å². The lowest BCUT2D eigenvalue weighted by molar-refractivity contribution is -0.142. The van der Waals surface area contributed by atoms with Crippen LogP contribution in [0, 0.1) is 0 Å². The van der Waals surface area contributed by atoms with Gasteiger partial charge in [0.2, 0.25) is 33.4 Å². The van der Waals surface area contributed by atoms with Crippen molar-refractivity contribution in [3.05, 3.63) is 176 Å². The van der Waals surface area contributed by atoms with Crippen molar-refractivity contribution in [1.82, 2.24) is 45.7 Å². The minimum atomic E-state index is -4.03. The number of amides is 4. The van der Waals surface area contributed by atoms with Gasteiger partial charge in [-0.05, 0) is 109 Å². The Bertz CT molecular complexity index is 4150. The van der Waals surface area contributed by atoms with Gasteiger partial charge in [-0.25, -0.2) is 27.5 Å². The number of ether oxygens (including phenoxy) is 4. The summed E-state index contributed by atoms with van der Waals surface area (Å²) in [7, 11) is -4.03. The number of fused-ring (bicyclic) bond motifs is 7. The van der Waals surface area contributed by atoms with Crippen LogP contribution in [0.15, 0.2) is 142 Å². The van der Waals surface area contributed by atoms with Crippen molar-refractivity contribution in [2.45, 2.75) is 67.1 Å². The van der Waals surface area contributed by atoms with Crippen LogP contribution in [0.4, 0.5) is 5.69 Å². The monoisotopic (exact) mass is 1280 g/mol. The van der Waals surface area contributed by atoms with E-state index in [1.54, 1.807) is 66.7 Å². The Morgan fingerprint density at radius 2 is 1.44 bits per heavy atom. The van der Waals surface area contributed by atoms with Crippen LogP contribution < -0.4 is 47.3 Å². The minimum Gasteiger partial charge on any atom is -0.508 e. The van der Waals surface area contributed by atoms with Crippen molar-refractivity contribution in [2.75, 3.05) is 57.9 Å². The van der Waals surface area contributed by atoms with E-state index in [2.05, 4.69) is 41.4 Å². The quantitative estimate of drug-likeness (QED) is 0.0211. The number of aliphatic carboxylic acids is 1. The van der Waals surface area contributed by atoms with E-state index in [9.17, 15) is 62.1 Å². The molecule has 1 aromatic heterocycles. The molecule has 3 atom stereocenters. The summed E-state index contributed by atoms with van der Waals surface area (Å²) in [6.07, 6.45) is -0.105. The number of carboxylic acid groups (broad SMARTS) is 1. The maximum atomic E-state index is 14.2. The summed E-state index contributed by atoms with van der Waals surface area (Å²) in [4.78, 5) is 109. The molecular weight excluding hydrogens is 1220 g/mol. The standard InChI is InChI=1S/C62H62N10O17S2/c73-41-15-19-46-50(33-41)88-51-34-42(74)16-20-47(51)62(46)45-18-14-38(31-44(45)59(82)89-62)67-60(90)64-25-27-87-29-28-86-26-22-52(75)63-23-7-6-12-48(58(80)81)68-55(77)49-32-39(35-71(49)57(79)54-56(78)69-61(83)72(70-54)40-10-2-1-3-11-40)66-53(76)21-24-65-91(84,85)43-17-13-36-8-4-5-9-37(36)30-43/h1-5,8-11,13-20,30-31,33-34,39,48-49,65,73-74H,6-7,12,21-29,32,35H2,(H,63,75)(H,66,76)(H,68,77)(H,80,81)(H2,64,67,90)(H,69,78,83)/t39-,48+,49+/m0/s1. The molecule has 29 heteroatoms. The highest BCUT2D eigenvalue weighted by Crippen LogP contribution is 2.57. The highest BCUT2D eigenvalue weighted by Gasteiger charge is 2.54. The third-order valence-corrected chi connectivity index (χ3v) is 16.9. The number of carboxylic acids is 1. The summed E-state index contributed by atoms with van der Waals surface area (Å²) >= 11 is 5.48. The van der Waals surface area contributed by atoms with Gasteiger partial charge in [-0.15, -0.1) is 0 Å². The van der Waals surface area contributed by atoms with Gasteiger partial charge in [0, 0.05) is 79.6 Å². The predicted octanol–water partition coefficient (Wildman–Crippen LogP) is 3.39. The number of benzene rings is 6. The van der Waals surface area contributed by atoms with E-state index in [0.29, 0.717) is 40.7 Å². The number of para-hydroxylation sites is 1. The number of nitrogens with one attached hydrogen (secondary N) is 7. The lowest BCUT2D eigenvalue weighted by atomic mass is 9.77. The first-order chi connectivity index (χ1) is 43.8. The topological polar surface area (TPSA) is 377 Å². The van der Waals surface area contributed by atoms with Gasteiger partial charge in [-0.1, -0.05) is 54.6 Å². The highest BCUT2D eigenvalue weighted by molar-refractivity contribution is 7.89. The molecule has 0 radical (unpaired) electrons. The van der Waals surface area contributed by atoms with Crippen LogP contribution in [0.1, 0.15) is 76.1 Å². The molecule has 0 aliphatic carbocycles. The SMILES string of the molecule is O=C(CCOCCOCCNC(=S)Nc1ccc2c(c1)C(=O)OC21c2ccc(O)cc2Oc2cc(O)ccc21)NCCCC[C@@H](NC(=O)[C@H]1C[C@H](NC(=O)CCNS(=O)(=O)c2ccc3ccccc3c2)CN1C(=O)c1nn(-c2ccccc2)c(=O)[nH]c1=O)C(=O)O. The number of unbranched alkanes of at least 4 members (excludes halogenated alkanes) is 1. The smallest absolute Gasteiger partial charge is 0.349 e.